The van der Waals surface area contributed by atoms with Gasteiger partial charge in [0.05, 0.1) is 39.9 Å². The second-order valence-electron chi connectivity index (χ2n) is 7.48. The number of rotatable bonds is 9. The first-order valence-electron chi connectivity index (χ1n) is 10.0. The molecule has 2 aromatic carbocycles. The van der Waals surface area contributed by atoms with E-state index in [9.17, 15) is 9.59 Å². The third kappa shape index (κ3) is 4.57. The van der Waals surface area contributed by atoms with Crippen LogP contribution in [0.3, 0.4) is 0 Å². The van der Waals surface area contributed by atoms with Crippen molar-refractivity contribution in [3.8, 4) is 0 Å². The molecule has 0 radical (unpaired) electrons. The molecule has 0 amide bonds. The van der Waals surface area contributed by atoms with Gasteiger partial charge < -0.3 is 4.74 Å². The summed E-state index contributed by atoms with van der Waals surface area (Å²) in [6.07, 6.45) is 1.01. The minimum Gasteiger partial charge on any atom is -0.379 e. The number of nitrogens with zero attached hydrogens (tertiary/aromatic N) is 3. The van der Waals surface area contributed by atoms with Crippen molar-refractivity contribution in [2.75, 3.05) is 13.2 Å². The molecule has 0 aliphatic heterocycles. The number of hydrogen-bond donors (Lipinski definition) is 0. The van der Waals surface area contributed by atoms with Crippen molar-refractivity contribution in [1.82, 2.24) is 14.0 Å². The molecular weight excluding hydrogens is 418 g/mol. The van der Waals surface area contributed by atoms with Crippen LogP contribution in [0.5, 0.6) is 0 Å². The zero-order valence-corrected chi connectivity index (χ0v) is 18.7. The lowest BCUT2D eigenvalue weighted by atomic mass is 10.3. The van der Waals surface area contributed by atoms with Crippen LogP contribution >= 0.6 is 22.7 Å². The zero-order chi connectivity index (χ0) is 21.1. The SMILES string of the molecule is CC(C)OCCCN(Cn1c(=O)sc2ccccc21)Cn1c(=O)sc2ccccc21. The monoisotopic (exact) mass is 443 g/mol. The lowest BCUT2D eigenvalue weighted by molar-refractivity contribution is 0.0640. The zero-order valence-electron chi connectivity index (χ0n) is 17.1. The summed E-state index contributed by atoms with van der Waals surface area (Å²) in [4.78, 5) is 27.5. The van der Waals surface area contributed by atoms with E-state index in [0.29, 0.717) is 19.9 Å². The molecule has 0 spiro atoms. The summed E-state index contributed by atoms with van der Waals surface area (Å²) in [6, 6.07) is 15.7. The Morgan fingerprint density at radius 3 is 1.87 bits per heavy atom. The van der Waals surface area contributed by atoms with Crippen molar-refractivity contribution in [3.05, 3.63) is 67.9 Å². The van der Waals surface area contributed by atoms with E-state index in [-0.39, 0.29) is 15.8 Å². The van der Waals surface area contributed by atoms with Crippen molar-refractivity contribution in [2.24, 2.45) is 0 Å². The maximum Gasteiger partial charge on any atom is 0.309 e. The normalized spacial score (nSPS) is 12.0. The Morgan fingerprint density at radius 1 is 0.867 bits per heavy atom. The number of para-hydroxylation sites is 2. The van der Waals surface area contributed by atoms with Gasteiger partial charge in [-0.25, -0.2) is 0 Å². The van der Waals surface area contributed by atoms with Gasteiger partial charge in [0.1, 0.15) is 0 Å². The highest BCUT2D eigenvalue weighted by Gasteiger charge is 2.15. The highest BCUT2D eigenvalue weighted by Crippen LogP contribution is 2.19. The Balaban J connectivity index is 1.62. The van der Waals surface area contributed by atoms with Gasteiger partial charge in [-0.2, -0.15) is 0 Å². The Morgan fingerprint density at radius 2 is 1.37 bits per heavy atom. The first kappa shape index (κ1) is 21.0. The fraction of sp³-hybridized carbons (Fsp3) is 0.364. The highest BCUT2D eigenvalue weighted by molar-refractivity contribution is 7.16. The van der Waals surface area contributed by atoms with Crippen LogP contribution in [0.25, 0.3) is 20.4 Å². The standard InChI is InChI=1S/C22H25N3O3S2/c1-16(2)28-13-7-12-23(14-24-17-8-3-5-10-19(17)29-21(24)26)15-25-18-9-4-6-11-20(18)30-22(25)27/h3-6,8-11,16H,7,12-15H2,1-2H3. The summed E-state index contributed by atoms with van der Waals surface area (Å²) >= 11 is 2.51. The minimum absolute atomic E-state index is 0.0159. The molecule has 0 atom stereocenters. The van der Waals surface area contributed by atoms with Gasteiger partial charge in [0.2, 0.25) is 0 Å². The number of hydrogen-bond acceptors (Lipinski definition) is 6. The Kier molecular flexibility index (Phi) is 6.48. The van der Waals surface area contributed by atoms with Crippen LogP contribution in [0.15, 0.2) is 58.1 Å². The average Bonchev–Trinajstić information content (AvgIpc) is 3.21. The van der Waals surface area contributed by atoms with Gasteiger partial charge in [0.25, 0.3) is 0 Å². The average molecular weight is 444 g/mol. The van der Waals surface area contributed by atoms with E-state index in [4.69, 9.17) is 4.74 Å². The van der Waals surface area contributed by atoms with E-state index in [2.05, 4.69) is 4.90 Å². The lowest BCUT2D eigenvalue weighted by Crippen LogP contribution is -2.35. The molecule has 158 valence electrons. The molecule has 6 nitrogen and oxygen atoms in total. The van der Waals surface area contributed by atoms with Crippen LogP contribution in [0.2, 0.25) is 0 Å². The minimum atomic E-state index is 0.0159. The van der Waals surface area contributed by atoms with Gasteiger partial charge in [-0.05, 0) is 44.5 Å². The molecule has 2 aromatic heterocycles. The van der Waals surface area contributed by atoms with E-state index in [1.54, 1.807) is 9.13 Å². The van der Waals surface area contributed by atoms with Gasteiger partial charge in [0.15, 0.2) is 0 Å². The van der Waals surface area contributed by atoms with Crippen molar-refractivity contribution in [1.29, 1.82) is 0 Å². The topological polar surface area (TPSA) is 56.5 Å². The summed E-state index contributed by atoms with van der Waals surface area (Å²) in [5, 5.41) is 0. The molecule has 8 heteroatoms. The molecule has 0 saturated heterocycles. The van der Waals surface area contributed by atoms with E-state index in [1.807, 2.05) is 62.4 Å². The molecule has 0 fully saturated rings. The van der Waals surface area contributed by atoms with Crippen molar-refractivity contribution in [2.45, 2.75) is 39.7 Å². The number of fused-ring (bicyclic) bond motifs is 2. The molecular formula is C22H25N3O3S2. The molecule has 4 rings (SSSR count). The molecule has 0 N–H and O–H groups in total. The van der Waals surface area contributed by atoms with Crippen molar-refractivity contribution in [3.63, 3.8) is 0 Å². The maximum atomic E-state index is 12.6. The Hall–Kier alpha value is -2.26. The lowest BCUT2D eigenvalue weighted by Gasteiger charge is -2.23. The van der Waals surface area contributed by atoms with E-state index < -0.39 is 0 Å². The van der Waals surface area contributed by atoms with Crippen LogP contribution in [0.4, 0.5) is 0 Å². The molecule has 0 aliphatic carbocycles. The van der Waals surface area contributed by atoms with Crippen LogP contribution in [0, 0.1) is 0 Å². The van der Waals surface area contributed by atoms with E-state index in [0.717, 1.165) is 33.4 Å². The number of thiazole rings is 2. The highest BCUT2D eigenvalue weighted by atomic mass is 32.1. The smallest absolute Gasteiger partial charge is 0.309 e. The van der Waals surface area contributed by atoms with Crippen molar-refractivity contribution >= 4 is 43.1 Å². The van der Waals surface area contributed by atoms with Gasteiger partial charge in [-0.1, -0.05) is 46.9 Å². The predicted octanol–water partition coefficient (Wildman–Crippen LogP) is 4.17. The third-order valence-corrected chi connectivity index (χ3v) is 6.82. The second-order valence-corrected chi connectivity index (χ2v) is 9.46. The summed E-state index contributed by atoms with van der Waals surface area (Å²) in [5.74, 6) is 0. The first-order chi connectivity index (χ1) is 14.5. The fourth-order valence-electron chi connectivity index (χ4n) is 3.49. The maximum absolute atomic E-state index is 12.6. The van der Waals surface area contributed by atoms with Crippen LogP contribution in [-0.2, 0) is 18.1 Å². The Bertz CT molecular complexity index is 1160. The van der Waals surface area contributed by atoms with E-state index in [1.165, 1.54) is 22.7 Å². The molecule has 2 heterocycles. The predicted molar refractivity (Wildman–Crippen MR) is 125 cm³/mol. The quantitative estimate of drug-likeness (QED) is 0.364. The first-order valence-corrected chi connectivity index (χ1v) is 11.7. The summed E-state index contributed by atoms with van der Waals surface area (Å²) < 4.78 is 11.2. The molecule has 0 unspecified atom stereocenters. The second kappa shape index (κ2) is 9.26. The summed E-state index contributed by atoms with van der Waals surface area (Å²) in [7, 11) is 0. The van der Waals surface area contributed by atoms with Crippen LogP contribution in [-0.4, -0.2) is 33.3 Å². The molecule has 30 heavy (non-hydrogen) atoms. The van der Waals surface area contributed by atoms with Gasteiger partial charge in [-0.3, -0.25) is 23.6 Å². The summed E-state index contributed by atoms with van der Waals surface area (Å²) in [5.41, 5.74) is 1.86. The number of ether oxygens (including phenoxy) is 1. The van der Waals surface area contributed by atoms with Gasteiger partial charge in [0, 0.05) is 13.2 Å². The van der Waals surface area contributed by atoms with Gasteiger partial charge in [-0.15, -0.1) is 0 Å². The van der Waals surface area contributed by atoms with Gasteiger partial charge >= 0.3 is 9.75 Å². The molecule has 4 aromatic rings. The number of benzene rings is 2. The number of aromatic nitrogens is 2. The Labute approximate surface area is 182 Å². The molecule has 0 aliphatic rings. The largest absolute Gasteiger partial charge is 0.379 e. The van der Waals surface area contributed by atoms with Crippen LogP contribution in [0.1, 0.15) is 20.3 Å². The molecule has 0 bridgehead atoms. The van der Waals surface area contributed by atoms with E-state index >= 15 is 0 Å². The van der Waals surface area contributed by atoms with Crippen LogP contribution < -0.4 is 9.75 Å². The fourth-order valence-corrected chi connectivity index (χ4v) is 5.26. The summed E-state index contributed by atoms with van der Waals surface area (Å²) in [6.45, 7) is 6.27. The molecule has 0 saturated carbocycles. The van der Waals surface area contributed by atoms with Crippen molar-refractivity contribution < 1.29 is 4.74 Å². The third-order valence-electron chi connectivity index (χ3n) is 4.90.